The lowest BCUT2D eigenvalue weighted by Crippen LogP contribution is -2.33. The van der Waals surface area contributed by atoms with E-state index in [4.69, 9.17) is 4.74 Å². The summed E-state index contributed by atoms with van der Waals surface area (Å²) in [6, 6.07) is 1.37. The topological polar surface area (TPSA) is 73.2 Å². The SMILES string of the molecule is C=C(C)C(=O)OCCNC(=O)n1nccc1C. The van der Waals surface area contributed by atoms with Crippen LogP contribution in [0.2, 0.25) is 0 Å². The molecule has 0 aromatic carbocycles. The minimum absolute atomic E-state index is 0.109. The Morgan fingerprint density at radius 1 is 1.59 bits per heavy atom. The molecular weight excluding hydrogens is 222 g/mol. The van der Waals surface area contributed by atoms with E-state index in [1.165, 1.54) is 10.9 Å². The molecule has 6 nitrogen and oxygen atoms in total. The Labute approximate surface area is 99.3 Å². The van der Waals surface area contributed by atoms with Crippen LogP contribution in [-0.4, -0.2) is 34.9 Å². The van der Waals surface area contributed by atoms with E-state index in [1.807, 2.05) is 0 Å². The molecule has 6 heteroatoms. The van der Waals surface area contributed by atoms with Crippen LogP contribution in [0.1, 0.15) is 12.6 Å². The predicted molar refractivity (Wildman–Crippen MR) is 61.5 cm³/mol. The normalized spacial score (nSPS) is 9.76. The van der Waals surface area contributed by atoms with Crippen LogP contribution in [0.5, 0.6) is 0 Å². The predicted octanol–water partition coefficient (Wildman–Crippen LogP) is 0.869. The van der Waals surface area contributed by atoms with Gasteiger partial charge in [-0.15, -0.1) is 0 Å². The molecule has 0 fully saturated rings. The van der Waals surface area contributed by atoms with E-state index in [1.54, 1.807) is 19.9 Å². The van der Waals surface area contributed by atoms with Gasteiger partial charge in [0, 0.05) is 17.5 Å². The zero-order chi connectivity index (χ0) is 12.8. The lowest BCUT2D eigenvalue weighted by molar-refractivity contribution is -0.138. The van der Waals surface area contributed by atoms with Gasteiger partial charge in [0.15, 0.2) is 0 Å². The van der Waals surface area contributed by atoms with Crippen molar-refractivity contribution in [3.8, 4) is 0 Å². The highest BCUT2D eigenvalue weighted by Gasteiger charge is 2.07. The molecular formula is C11H15N3O3. The Kier molecular flexibility index (Phi) is 4.45. The fourth-order valence-corrected chi connectivity index (χ4v) is 1.08. The molecule has 0 bridgehead atoms. The van der Waals surface area contributed by atoms with Gasteiger partial charge in [0.1, 0.15) is 6.61 Å². The molecule has 1 N–H and O–H groups in total. The van der Waals surface area contributed by atoms with Gasteiger partial charge < -0.3 is 10.1 Å². The number of rotatable bonds is 4. The van der Waals surface area contributed by atoms with Crippen molar-refractivity contribution in [3.05, 3.63) is 30.1 Å². The average molecular weight is 237 g/mol. The first-order valence-corrected chi connectivity index (χ1v) is 5.14. The Bertz CT molecular complexity index is 437. The second-order valence-corrected chi connectivity index (χ2v) is 3.53. The molecule has 1 aromatic rings. The third-order valence-electron chi connectivity index (χ3n) is 1.98. The molecule has 1 heterocycles. The van der Waals surface area contributed by atoms with Gasteiger partial charge in [-0.05, 0) is 19.9 Å². The highest BCUT2D eigenvalue weighted by atomic mass is 16.5. The molecule has 0 aliphatic heterocycles. The van der Waals surface area contributed by atoms with Crippen molar-refractivity contribution >= 4 is 12.0 Å². The van der Waals surface area contributed by atoms with Crippen LogP contribution >= 0.6 is 0 Å². The lowest BCUT2D eigenvalue weighted by Gasteiger charge is -2.07. The summed E-state index contributed by atoms with van der Waals surface area (Å²) >= 11 is 0. The molecule has 1 aromatic heterocycles. The smallest absolute Gasteiger partial charge is 0.342 e. The van der Waals surface area contributed by atoms with Gasteiger partial charge in [-0.3, -0.25) is 0 Å². The maximum atomic E-state index is 11.5. The number of hydrogen-bond acceptors (Lipinski definition) is 4. The summed E-state index contributed by atoms with van der Waals surface area (Å²) in [4.78, 5) is 22.6. The third-order valence-corrected chi connectivity index (χ3v) is 1.98. The fraction of sp³-hybridized carbons (Fsp3) is 0.364. The minimum Gasteiger partial charge on any atom is -0.460 e. The van der Waals surface area contributed by atoms with Crippen molar-refractivity contribution in [2.45, 2.75) is 13.8 Å². The summed E-state index contributed by atoms with van der Waals surface area (Å²) < 4.78 is 6.06. The van der Waals surface area contributed by atoms with Gasteiger partial charge >= 0.3 is 12.0 Å². The zero-order valence-electron chi connectivity index (χ0n) is 9.90. The summed E-state index contributed by atoms with van der Waals surface area (Å²) in [5.74, 6) is -0.463. The summed E-state index contributed by atoms with van der Waals surface area (Å²) in [6.45, 7) is 7.12. The maximum absolute atomic E-state index is 11.5. The van der Waals surface area contributed by atoms with E-state index in [-0.39, 0.29) is 19.2 Å². The minimum atomic E-state index is -0.463. The molecule has 0 spiro atoms. The van der Waals surface area contributed by atoms with Crippen molar-refractivity contribution in [1.82, 2.24) is 15.1 Å². The summed E-state index contributed by atoms with van der Waals surface area (Å²) in [5.41, 5.74) is 1.07. The molecule has 1 amide bonds. The average Bonchev–Trinajstić information content (AvgIpc) is 2.70. The standard InChI is InChI=1S/C11H15N3O3/c1-8(2)10(15)17-7-6-12-11(16)14-9(3)4-5-13-14/h4-5H,1,6-7H2,2-3H3,(H,12,16). The van der Waals surface area contributed by atoms with Gasteiger partial charge in [-0.1, -0.05) is 6.58 Å². The number of nitrogens with zero attached hydrogens (tertiary/aromatic N) is 2. The van der Waals surface area contributed by atoms with E-state index < -0.39 is 5.97 Å². The Balaban J connectivity index is 2.28. The summed E-state index contributed by atoms with van der Waals surface area (Å²) in [6.07, 6.45) is 1.54. The van der Waals surface area contributed by atoms with Gasteiger partial charge in [0.05, 0.1) is 6.54 Å². The van der Waals surface area contributed by atoms with Crippen LogP contribution in [0.25, 0.3) is 0 Å². The van der Waals surface area contributed by atoms with Gasteiger partial charge in [-0.25, -0.2) is 9.59 Å². The van der Waals surface area contributed by atoms with Crippen LogP contribution < -0.4 is 5.32 Å². The third kappa shape index (κ3) is 3.75. The molecule has 0 atom stereocenters. The highest BCUT2D eigenvalue weighted by molar-refractivity contribution is 5.86. The number of nitrogens with one attached hydrogen (secondary N) is 1. The largest absolute Gasteiger partial charge is 0.460 e. The molecule has 0 saturated carbocycles. The lowest BCUT2D eigenvalue weighted by atomic mass is 10.4. The van der Waals surface area contributed by atoms with Crippen LogP contribution in [0.3, 0.4) is 0 Å². The Morgan fingerprint density at radius 3 is 2.82 bits per heavy atom. The first kappa shape index (κ1) is 13.0. The van der Waals surface area contributed by atoms with E-state index in [0.717, 1.165) is 5.69 Å². The first-order valence-electron chi connectivity index (χ1n) is 5.14. The fourth-order valence-electron chi connectivity index (χ4n) is 1.08. The molecule has 0 aliphatic rings. The number of ether oxygens (including phenoxy) is 1. The van der Waals surface area contributed by atoms with Gasteiger partial charge in [0.25, 0.3) is 0 Å². The van der Waals surface area contributed by atoms with E-state index >= 15 is 0 Å². The number of aromatic nitrogens is 2. The summed E-state index contributed by atoms with van der Waals surface area (Å²) in [7, 11) is 0. The van der Waals surface area contributed by atoms with Crippen molar-refractivity contribution in [3.63, 3.8) is 0 Å². The number of amides is 1. The van der Waals surface area contributed by atoms with Crippen LogP contribution in [0.15, 0.2) is 24.4 Å². The van der Waals surface area contributed by atoms with Crippen molar-refractivity contribution in [2.24, 2.45) is 0 Å². The maximum Gasteiger partial charge on any atom is 0.342 e. The molecule has 92 valence electrons. The van der Waals surface area contributed by atoms with Crippen molar-refractivity contribution < 1.29 is 14.3 Å². The second kappa shape index (κ2) is 5.83. The number of carbonyl (C=O) groups is 2. The molecule has 1 rings (SSSR count). The Morgan fingerprint density at radius 2 is 2.29 bits per heavy atom. The summed E-state index contributed by atoms with van der Waals surface area (Å²) in [5, 5.41) is 6.42. The molecule has 0 aliphatic carbocycles. The van der Waals surface area contributed by atoms with Gasteiger partial charge in [-0.2, -0.15) is 9.78 Å². The first-order chi connectivity index (χ1) is 8.02. The van der Waals surface area contributed by atoms with Crippen LogP contribution in [0.4, 0.5) is 4.79 Å². The van der Waals surface area contributed by atoms with Crippen molar-refractivity contribution in [2.75, 3.05) is 13.2 Å². The number of hydrogen-bond donors (Lipinski definition) is 1. The molecule has 0 unspecified atom stereocenters. The quantitative estimate of drug-likeness (QED) is 0.479. The van der Waals surface area contributed by atoms with E-state index in [2.05, 4.69) is 17.0 Å². The van der Waals surface area contributed by atoms with Gasteiger partial charge in [0.2, 0.25) is 0 Å². The number of aryl methyl sites for hydroxylation is 1. The van der Waals surface area contributed by atoms with E-state index in [9.17, 15) is 9.59 Å². The molecule has 17 heavy (non-hydrogen) atoms. The second-order valence-electron chi connectivity index (χ2n) is 3.53. The molecule has 0 radical (unpaired) electrons. The molecule has 0 saturated heterocycles. The number of carbonyl (C=O) groups excluding carboxylic acids is 2. The van der Waals surface area contributed by atoms with Crippen LogP contribution in [0, 0.1) is 6.92 Å². The highest BCUT2D eigenvalue weighted by Crippen LogP contribution is 1.94. The monoisotopic (exact) mass is 237 g/mol. The number of esters is 1. The van der Waals surface area contributed by atoms with Crippen molar-refractivity contribution in [1.29, 1.82) is 0 Å². The zero-order valence-corrected chi connectivity index (χ0v) is 9.90. The van der Waals surface area contributed by atoms with Crippen LogP contribution in [-0.2, 0) is 9.53 Å². The Hall–Kier alpha value is -2.11. The van der Waals surface area contributed by atoms with E-state index in [0.29, 0.717) is 5.57 Å².